The molecule has 35 heavy (non-hydrogen) atoms. The number of anilines is 2. The van der Waals surface area contributed by atoms with Gasteiger partial charge >= 0.3 is 6.03 Å². The van der Waals surface area contributed by atoms with Gasteiger partial charge in [0, 0.05) is 42.2 Å². The van der Waals surface area contributed by atoms with Crippen LogP contribution >= 0.6 is 11.3 Å². The van der Waals surface area contributed by atoms with Crippen molar-refractivity contribution in [3.63, 3.8) is 0 Å². The summed E-state index contributed by atoms with van der Waals surface area (Å²) < 4.78 is 0. The van der Waals surface area contributed by atoms with Gasteiger partial charge in [-0.3, -0.25) is 10.1 Å². The normalized spacial score (nSPS) is 17.5. The van der Waals surface area contributed by atoms with Gasteiger partial charge in [0.25, 0.3) is 5.91 Å². The molecule has 2 aliphatic rings. The lowest BCUT2D eigenvalue weighted by molar-refractivity contribution is 0.102. The molecule has 3 heterocycles. The maximum atomic E-state index is 13.0. The number of rotatable bonds is 4. The van der Waals surface area contributed by atoms with Crippen LogP contribution in [-0.4, -0.2) is 46.9 Å². The average Bonchev–Trinajstić information content (AvgIpc) is 3.51. The Labute approximate surface area is 208 Å². The maximum Gasteiger partial charge on any atom is 0.322 e. The molecule has 0 spiro atoms. The van der Waals surface area contributed by atoms with Gasteiger partial charge in [0.05, 0.1) is 23.4 Å². The van der Waals surface area contributed by atoms with Gasteiger partial charge < -0.3 is 15.1 Å². The molecule has 0 unspecified atom stereocenters. The van der Waals surface area contributed by atoms with E-state index in [2.05, 4.69) is 33.6 Å². The van der Waals surface area contributed by atoms with Crippen LogP contribution in [0.5, 0.6) is 0 Å². The van der Waals surface area contributed by atoms with Gasteiger partial charge in [0.15, 0.2) is 5.13 Å². The molecular weight excluding hydrogens is 460 g/mol. The lowest BCUT2D eigenvalue weighted by Gasteiger charge is -2.25. The number of likely N-dealkylation sites (N-methyl/N-ethyl adjacent to an activating group) is 1. The Balaban J connectivity index is 1.29. The lowest BCUT2D eigenvalue weighted by atomic mass is 10.0. The number of benzene rings is 2. The topological polar surface area (TPSA) is 101 Å². The number of nitrogens with one attached hydrogen (secondary N) is 2. The number of nitrogens with zero attached hydrogens (tertiary/aromatic N) is 4. The van der Waals surface area contributed by atoms with Crippen molar-refractivity contribution in [2.45, 2.75) is 31.8 Å². The first-order valence-corrected chi connectivity index (χ1v) is 12.5. The lowest BCUT2D eigenvalue weighted by Crippen LogP contribution is -2.34. The number of carbonyl (C=O) groups excluding carboxylic acids is 2. The number of likely N-dealkylation sites (tertiary alicyclic amines) is 1. The van der Waals surface area contributed by atoms with Crippen molar-refractivity contribution in [1.29, 1.82) is 5.26 Å². The van der Waals surface area contributed by atoms with Gasteiger partial charge in [-0.05, 0) is 55.8 Å². The number of fused-ring (bicyclic) bond motifs is 1. The summed E-state index contributed by atoms with van der Waals surface area (Å²) in [6, 6.07) is 16.1. The minimum atomic E-state index is -0.212. The Bertz CT molecular complexity index is 1310. The molecule has 9 heteroatoms. The highest BCUT2D eigenvalue weighted by Crippen LogP contribution is 2.33. The molecule has 178 valence electrons. The Morgan fingerprint density at radius 3 is 2.86 bits per heavy atom. The van der Waals surface area contributed by atoms with Crippen molar-refractivity contribution < 1.29 is 9.59 Å². The summed E-state index contributed by atoms with van der Waals surface area (Å²) in [5.41, 5.74) is 3.63. The zero-order valence-corrected chi connectivity index (χ0v) is 20.3. The average molecular weight is 487 g/mol. The molecule has 8 nitrogen and oxygen atoms in total. The SMILES string of the molecule is CN1CCc2nc(NC(=O)c3cccc([C@@H]4CCCN4C(=O)Nc4cccc(C#N)c4)c3)sc2C1. The number of hydrogen-bond donors (Lipinski definition) is 2. The summed E-state index contributed by atoms with van der Waals surface area (Å²) in [5, 5.41) is 15.6. The van der Waals surface area contributed by atoms with Crippen molar-refractivity contribution in [3.8, 4) is 6.07 Å². The highest BCUT2D eigenvalue weighted by Gasteiger charge is 2.30. The minimum Gasteiger partial charge on any atom is -0.317 e. The van der Waals surface area contributed by atoms with E-state index < -0.39 is 0 Å². The highest BCUT2D eigenvalue weighted by molar-refractivity contribution is 7.15. The van der Waals surface area contributed by atoms with E-state index >= 15 is 0 Å². The molecule has 3 amide bonds. The van der Waals surface area contributed by atoms with Crippen LogP contribution < -0.4 is 10.6 Å². The Hall–Kier alpha value is -3.74. The number of amides is 3. The fourth-order valence-electron chi connectivity index (χ4n) is 4.65. The van der Waals surface area contributed by atoms with E-state index in [9.17, 15) is 9.59 Å². The number of urea groups is 1. The molecule has 1 saturated heterocycles. The van der Waals surface area contributed by atoms with Crippen LogP contribution in [0.2, 0.25) is 0 Å². The molecule has 0 saturated carbocycles. The summed E-state index contributed by atoms with van der Waals surface area (Å²) in [6.45, 7) is 2.46. The maximum absolute atomic E-state index is 13.0. The van der Waals surface area contributed by atoms with Crippen molar-refractivity contribution in [1.82, 2.24) is 14.8 Å². The Morgan fingerprint density at radius 1 is 1.14 bits per heavy atom. The number of thiazole rings is 1. The van der Waals surface area contributed by atoms with E-state index in [0.717, 1.165) is 43.6 Å². The van der Waals surface area contributed by atoms with Gasteiger partial charge in [-0.25, -0.2) is 9.78 Å². The fourth-order valence-corrected chi connectivity index (χ4v) is 5.73. The second-order valence-electron chi connectivity index (χ2n) is 8.93. The Kier molecular flexibility index (Phi) is 6.49. The van der Waals surface area contributed by atoms with Gasteiger partial charge in [-0.15, -0.1) is 11.3 Å². The molecule has 1 fully saturated rings. The van der Waals surface area contributed by atoms with Crippen molar-refractivity contribution in [2.24, 2.45) is 0 Å². The summed E-state index contributed by atoms with van der Waals surface area (Å²) in [4.78, 5) is 35.9. The van der Waals surface area contributed by atoms with Crippen LogP contribution in [0.3, 0.4) is 0 Å². The van der Waals surface area contributed by atoms with Crippen molar-refractivity contribution >= 4 is 34.1 Å². The van der Waals surface area contributed by atoms with Gasteiger partial charge in [-0.1, -0.05) is 18.2 Å². The standard InChI is InChI=1S/C26H26N6O2S/c1-31-12-10-21-23(16-31)35-25(29-21)30-24(33)19-7-3-6-18(14-19)22-9-4-11-32(22)26(34)28-20-8-2-5-17(13-20)15-27/h2-3,5-8,13-14,22H,4,9-12,16H2,1H3,(H,28,34)(H,29,30,33)/t22-/m0/s1. The quantitative estimate of drug-likeness (QED) is 0.560. The predicted molar refractivity (Wildman–Crippen MR) is 135 cm³/mol. The fraction of sp³-hybridized carbons (Fsp3) is 0.308. The first-order chi connectivity index (χ1) is 17.0. The van der Waals surface area contributed by atoms with Gasteiger partial charge in [-0.2, -0.15) is 5.26 Å². The monoisotopic (exact) mass is 486 g/mol. The van der Waals surface area contributed by atoms with E-state index in [1.165, 1.54) is 16.2 Å². The summed E-state index contributed by atoms with van der Waals surface area (Å²) in [5.74, 6) is -0.200. The highest BCUT2D eigenvalue weighted by atomic mass is 32.1. The number of nitriles is 1. The zero-order chi connectivity index (χ0) is 24.4. The van der Waals surface area contributed by atoms with E-state index in [1.54, 1.807) is 35.2 Å². The molecule has 0 aliphatic carbocycles. The molecule has 5 rings (SSSR count). The number of hydrogen-bond acceptors (Lipinski definition) is 6. The van der Waals surface area contributed by atoms with Crippen molar-refractivity contribution in [3.05, 3.63) is 75.8 Å². The molecule has 0 radical (unpaired) electrons. The smallest absolute Gasteiger partial charge is 0.317 e. The first kappa shape index (κ1) is 23.0. The largest absolute Gasteiger partial charge is 0.322 e. The second-order valence-corrected chi connectivity index (χ2v) is 10.0. The molecule has 0 bridgehead atoms. The van der Waals surface area contributed by atoms with Crippen LogP contribution in [-0.2, 0) is 13.0 Å². The molecule has 2 aliphatic heterocycles. The van der Waals surface area contributed by atoms with Gasteiger partial charge in [0.1, 0.15) is 0 Å². The van der Waals surface area contributed by atoms with Crippen LogP contribution in [0.15, 0.2) is 48.5 Å². The van der Waals surface area contributed by atoms with Crippen molar-refractivity contribution in [2.75, 3.05) is 30.8 Å². The summed E-state index contributed by atoms with van der Waals surface area (Å²) in [7, 11) is 2.09. The van der Waals surface area contributed by atoms with E-state index in [4.69, 9.17) is 5.26 Å². The van der Waals surface area contributed by atoms with E-state index in [1.807, 2.05) is 18.2 Å². The summed E-state index contributed by atoms with van der Waals surface area (Å²) >= 11 is 1.53. The third-order valence-corrected chi connectivity index (χ3v) is 7.43. The zero-order valence-electron chi connectivity index (χ0n) is 19.5. The minimum absolute atomic E-state index is 0.121. The molecule has 2 N–H and O–H groups in total. The first-order valence-electron chi connectivity index (χ1n) is 11.7. The third kappa shape index (κ3) is 5.04. The van der Waals surface area contributed by atoms with Crippen LogP contribution in [0.4, 0.5) is 15.6 Å². The van der Waals surface area contributed by atoms with Crippen LogP contribution in [0, 0.1) is 11.3 Å². The number of carbonyl (C=O) groups is 2. The third-order valence-electron chi connectivity index (χ3n) is 6.43. The van der Waals surface area contributed by atoms with Gasteiger partial charge in [0.2, 0.25) is 0 Å². The van der Waals surface area contributed by atoms with Crippen LogP contribution in [0.1, 0.15) is 50.9 Å². The second kappa shape index (κ2) is 9.86. The van der Waals surface area contributed by atoms with E-state index in [0.29, 0.717) is 28.5 Å². The predicted octanol–water partition coefficient (Wildman–Crippen LogP) is 4.62. The number of aromatic nitrogens is 1. The molecular formula is C26H26N6O2S. The molecule has 3 aromatic rings. The molecule has 1 aromatic heterocycles. The van der Waals surface area contributed by atoms with Crippen LogP contribution in [0.25, 0.3) is 0 Å². The molecule has 1 atom stereocenters. The molecule has 2 aromatic carbocycles. The summed E-state index contributed by atoms with van der Waals surface area (Å²) in [6.07, 6.45) is 2.60. The Morgan fingerprint density at radius 2 is 2.00 bits per heavy atom. The van der Waals surface area contributed by atoms with E-state index in [-0.39, 0.29) is 18.0 Å².